The van der Waals surface area contributed by atoms with Crippen molar-refractivity contribution in [3.8, 4) is 0 Å². The van der Waals surface area contributed by atoms with E-state index in [1.165, 1.54) is 0 Å². The molecule has 0 radical (unpaired) electrons. The van der Waals surface area contributed by atoms with Crippen LogP contribution in [0.1, 0.15) is 47.0 Å². The van der Waals surface area contributed by atoms with E-state index in [0.717, 1.165) is 12.8 Å². The van der Waals surface area contributed by atoms with Gasteiger partial charge in [0.2, 0.25) is 5.24 Å². The van der Waals surface area contributed by atoms with E-state index in [1.807, 2.05) is 0 Å². The van der Waals surface area contributed by atoms with E-state index in [2.05, 4.69) is 27.7 Å². The van der Waals surface area contributed by atoms with Crippen LogP contribution in [-0.2, 0) is 4.79 Å². The predicted octanol–water partition coefficient (Wildman–Crippen LogP) is 3.85. The molecule has 0 fully saturated rings. The van der Waals surface area contributed by atoms with E-state index in [1.54, 1.807) is 0 Å². The zero-order chi connectivity index (χ0) is 10.4. The zero-order valence-electron chi connectivity index (χ0n) is 9.14. The van der Waals surface area contributed by atoms with Crippen LogP contribution in [0.5, 0.6) is 0 Å². The molecule has 0 aliphatic rings. The zero-order valence-corrected chi connectivity index (χ0v) is 9.90. The van der Waals surface area contributed by atoms with Gasteiger partial charge in [0.25, 0.3) is 0 Å². The average Bonchev–Trinajstić information content (AvgIpc) is 1.80. The van der Waals surface area contributed by atoms with Crippen molar-refractivity contribution in [2.24, 2.45) is 17.8 Å². The minimum Gasteiger partial charge on any atom is -0.281 e. The molecule has 0 N–H and O–H groups in total. The van der Waals surface area contributed by atoms with Crippen molar-refractivity contribution in [2.45, 2.75) is 47.0 Å². The second-order valence-electron chi connectivity index (χ2n) is 4.68. The molecule has 0 atom stereocenters. The Morgan fingerprint density at radius 1 is 1.08 bits per heavy atom. The van der Waals surface area contributed by atoms with Gasteiger partial charge in [-0.3, -0.25) is 4.79 Å². The van der Waals surface area contributed by atoms with E-state index in [9.17, 15) is 4.79 Å². The molecule has 78 valence electrons. The van der Waals surface area contributed by atoms with E-state index in [-0.39, 0.29) is 5.24 Å². The number of hydrogen-bond donors (Lipinski definition) is 0. The summed E-state index contributed by atoms with van der Waals surface area (Å²) >= 11 is 5.40. The summed E-state index contributed by atoms with van der Waals surface area (Å²) in [7, 11) is 0. The van der Waals surface area contributed by atoms with Crippen molar-refractivity contribution in [1.82, 2.24) is 0 Å². The van der Waals surface area contributed by atoms with Crippen LogP contribution in [0, 0.1) is 17.8 Å². The molecule has 0 aromatic heterocycles. The van der Waals surface area contributed by atoms with Crippen molar-refractivity contribution in [3.63, 3.8) is 0 Å². The highest BCUT2D eigenvalue weighted by atomic mass is 35.5. The highest BCUT2D eigenvalue weighted by molar-refractivity contribution is 6.63. The molecule has 0 aromatic carbocycles. The van der Waals surface area contributed by atoms with Gasteiger partial charge in [0.05, 0.1) is 0 Å². The number of halogens is 1. The molecule has 0 rings (SSSR count). The van der Waals surface area contributed by atoms with Crippen LogP contribution in [0.25, 0.3) is 0 Å². The first kappa shape index (κ1) is 13.0. The minimum atomic E-state index is -0.189. The molecule has 0 heterocycles. The molecule has 13 heavy (non-hydrogen) atoms. The van der Waals surface area contributed by atoms with Gasteiger partial charge in [0, 0.05) is 6.42 Å². The van der Waals surface area contributed by atoms with Crippen molar-refractivity contribution >= 4 is 16.8 Å². The molecule has 2 heteroatoms. The third-order valence-corrected chi connectivity index (χ3v) is 2.21. The Bertz CT molecular complexity index is 142. The molecule has 0 saturated heterocycles. The summed E-state index contributed by atoms with van der Waals surface area (Å²) in [6.45, 7) is 8.75. The summed E-state index contributed by atoms with van der Waals surface area (Å²) in [5, 5.41) is -0.189. The van der Waals surface area contributed by atoms with Gasteiger partial charge in [0.1, 0.15) is 0 Å². The first-order valence-corrected chi connectivity index (χ1v) is 5.48. The van der Waals surface area contributed by atoms with Gasteiger partial charge in [-0.2, -0.15) is 0 Å². The normalized spacial score (nSPS) is 11.7. The second kappa shape index (κ2) is 6.42. The lowest BCUT2D eigenvalue weighted by Gasteiger charge is -2.18. The first-order chi connectivity index (χ1) is 5.91. The predicted molar refractivity (Wildman–Crippen MR) is 57.9 cm³/mol. The lowest BCUT2D eigenvalue weighted by molar-refractivity contribution is -0.112. The average molecular weight is 205 g/mol. The molecule has 0 aliphatic heterocycles. The fourth-order valence-electron chi connectivity index (χ4n) is 1.82. The quantitative estimate of drug-likeness (QED) is 0.601. The smallest absolute Gasteiger partial charge is 0.221 e. The Kier molecular flexibility index (Phi) is 6.40. The van der Waals surface area contributed by atoms with Crippen LogP contribution in [0.15, 0.2) is 0 Å². The van der Waals surface area contributed by atoms with Crippen LogP contribution < -0.4 is 0 Å². The number of carbonyl (C=O) groups is 1. The summed E-state index contributed by atoms with van der Waals surface area (Å²) in [5.41, 5.74) is 0. The summed E-state index contributed by atoms with van der Waals surface area (Å²) < 4.78 is 0. The van der Waals surface area contributed by atoms with Gasteiger partial charge < -0.3 is 0 Å². The van der Waals surface area contributed by atoms with Gasteiger partial charge in [0.15, 0.2) is 0 Å². The second-order valence-corrected chi connectivity index (χ2v) is 5.11. The van der Waals surface area contributed by atoms with Crippen LogP contribution in [0.2, 0.25) is 0 Å². The summed E-state index contributed by atoms with van der Waals surface area (Å²) in [6, 6.07) is 0. The Hall–Kier alpha value is -0.0400. The van der Waals surface area contributed by atoms with Gasteiger partial charge in [-0.15, -0.1) is 0 Å². The Balaban J connectivity index is 3.95. The van der Waals surface area contributed by atoms with Crippen molar-refractivity contribution < 1.29 is 4.79 Å². The maximum Gasteiger partial charge on any atom is 0.221 e. The Morgan fingerprint density at radius 2 is 1.46 bits per heavy atom. The highest BCUT2D eigenvalue weighted by Gasteiger charge is 2.15. The summed E-state index contributed by atoms with van der Waals surface area (Å²) in [6.07, 6.45) is 2.76. The summed E-state index contributed by atoms with van der Waals surface area (Å²) in [5.74, 6) is 1.78. The number of carbonyl (C=O) groups excluding carboxylic acids is 1. The van der Waals surface area contributed by atoms with E-state index < -0.39 is 0 Å². The lowest BCUT2D eigenvalue weighted by Crippen LogP contribution is -2.10. The summed E-state index contributed by atoms with van der Waals surface area (Å²) in [4.78, 5) is 10.8. The molecule has 0 aromatic rings. The molecule has 0 aliphatic carbocycles. The maximum atomic E-state index is 10.8. The van der Waals surface area contributed by atoms with E-state index in [4.69, 9.17) is 11.6 Å². The van der Waals surface area contributed by atoms with Crippen LogP contribution in [0.3, 0.4) is 0 Å². The molecular weight excluding hydrogens is 184 g/mol. The van der Waals surface area contributed by atoms with Crippen molar-refractivity contribution in [1.29, 1.82) is 0 Å². The van der Waals surface area contributed by atoms with Crippen molar-refractivity contribution in [2.75, 3.05) is 0 Å². The highest BCUT2D eigenvalue weighted by Crippen LogP contribution is 2.23. The monoisotopic (exact) mass is 204 g/mol. The molecule has 0 spiro atoms. The van der Waals surface area contributed by atoms with Crippen LogP contribution >= 0.6 is 11.6 Å². The molecule has 0 unspecified atom stereocenters. The molecule has 0 bridgehead atoms. The Labute approximate surface area is 86.9 Å². The Morgan fingerprint density at radius 3 is 1.69 bits per heavy atom. The lowest BCUT2D eigenvalue weighted by atomic mass is 9.87. The number of hydrogen-bond acceptors (Lipinski definition) is 1. The maximum absolute atomic E-state index is 10.8. The van der Waals surface area contributed by atoms with Gasteiger partial charge in [-0.25, -0.2) is 0 Å². The van der Waals surface area contributed by atoms with Gasteiger partial charge >= 0.3 is 0 Å². The first-order valence-electron chi connectivity index (χ1n) is 5.10. The van der Waals surface area contributed by atoms with E-state index >= 15 is 0 Å². The SMILES string of the molecule is CC(C)CC(CC(=O)Cl)CC(C)C. The fraction of sp³-hybridized carbons (Fsp3) is 0.909. The molecule has 0 saturated carbocycles. The minimum absolute atomic E-state index is 0.189. The van der Waals surface area contributed by atoms with Crippen LogP contribution in [0.4, 0.5) is 0 Å². The topological polar surface area (TPSA) is 17.1 Å². The fourth-order valence-corrected chi connectivity index (χ4v) is 2.04. The third-order valence-electron chi connectivity index (χ3n) is 2.06. The third kappa shape index (κ3) is 8.29. The van der Waals surface area contributed by atoms with Gasteiger partial charge in [-0.05, 0) is 42.2 Å². The van der Waals surface area contributed by atoms with Crippen molar-refractivity contribution in [3.05, 3.63) is 0 Å². The number of rotatable bonds is 6. The molecule has 0 amide bonds. The molecule has 1 nitrogen and oxygen atoms in total. The van der Waals surface area contributed by atoms with Crippen LogP contribution in [-0.4, -0.2) is 5.24 Å². The van der Waals surface area contributed by atoms with E-state index in [0.29, 0.717) is 24.2 Å². The largest absolute Gasteiger partial charge is 0.281 e. The van der Waals surface area contributed by atoms with Gasteiger partial charge in [-0.1, -0.05) is 27.7 Å². The standard InChI is InChI=1S/C11H21ClO/c1-8(2)5-10(6-9(3)4)7-11(12)13/h8-10H,5-7H2,1-4H3. The molecular formula is C11H21ClO.